The van der Waals surface area contributed by atoms with Crippen LogP contribution in [0.3, 0.4) is 0 Å². The Bertz CT molecular complexity index is 1570. The zero-order valence-corrected chi connectivity index (χ0v) is 28.3. The molecule has 0 spiro atoms. The maximum atomic E-state index is 14.3. The average Bonchev–Trinajstić information content (AvgIpc) is 3.06. The molecule has 3 N–H and O–H groups in total. The van der Waals surface area contributed by atoms with Gasteiger partial charge in [-0.15, -0.1) is 0 Å². The molecule has 1 heterocycles. The highest BCUT2D eigenvalue weighted by atomic mass is 32.2. The molecule has 47 heavy (non-hydrogen) atoms. The minimum atomic E-state index is -3.92. The largest absolute Gasteiger partial charge is 0.490 e. The predicted molar refractivity (Wildman–Crippen MR) is 182 cm³/mol. The van der Waals surface area contributed by atoms with E-state index in [0.29, 0.717) is 24.5 Å². The minimum Gasteiger partial charge on any atom is -0.490 e. The normalized spacial score (nSPS) is 20.2. The van der Waals surface area contributed by atoms with Crippen molar-refractivity contribution in [3.05, 3.63) is 84.4 Å². The van der Waals surface area contributed by atoms with Gasteiger partial charge >= 0.3 is 6.03 Å². The number of benzene rings is 3. The molecule has 0 aromatic heterocycles. The number of carbonyl (C=O) groups excluding carboxylic acids is 2. The Morgan fingerprint density at radius 2 is 1.70 bits per heavy atom. The summed E-state index contributed by atoms with van der Waals surface area (Å²) in [6.45, 7) is 6.27. The fourth-order valence-electron chi connectivity index (χ4n) is 5.36. The Hall–Kier alpha value is -4.13. The standard InChI is InChI=1S/C35H46N4O7S/c1-25-22-39(26(2)24-40)34(41)31-21-29(37-47(43,44)30-16-9-6-10-17-30)18-19-32(31)46-27(3)13-11-12-20-45-33(25)23-38(4)35(42)36-28-14-7-5-8-15-28/h5-10,14-19,21,25-27,33,37,40H,11-13,20,22-24H2,1-4H3,(H,36,42)/t25-,26+,27-,33-/m0/s1. The van der Waals surface area contributed by atoms with E-state index in [2.05, 4.69) is 10.0 Å². The molecule has 0 unspecified atom stereocenters. The Balaban J connectivity index is 1.63. The highest BCUT2D eigenvalue weighted by Crippen LogP contribution is 2.29. The van der Waals surface area contributed by atoms with Gasteiger partial charge in [0.15, 0.2) is 0 Å². The average molecular weight is 667 g/mol. The molecule has 0 saturated heterocycles. The topological polar surface area (TPSA) is 138 Å². The molecule has 12 heteroatoms. The van der Waals surface area contributed by atoms with Gasteiger partial charge in [-0.1, -0.05) is 43.3 Å². The third kappa shape index (κ3) is 9.93. The van der Waals surface area contributed by atoms with Gasteiger partial charge in [0.25, 0.3) is 15.9 Å². The number of carbonyl (C=O) groups is 2. The lowest BCUT2D eigenvalue weighted by atomic mass is 10.0. The molecule has 0 fully saturated rings. The van der Waals surface area contributed by atoms with Crippen LogP contribution in [0, 0.1) is 5.92 Å². The summed E-state index contributed by atoms with van der Waals surface area (Å²) >= 11 is 0. The van der Waals surface area contributed by atoms with Crippen LogP contribution in [0.25, 0.3) is 0 Å². The number of ether oxygens (including phenoxy) is 2. The first-order valence-corrected chi connectivity index (χ1v) is 17.5. The predicted octanol–water partition coefficient (Wildman–Crippen LogP) is 5.45. The summed E-state index contributed by atoms with van der Waals surface area (Å²) in [5.74, 6) is -0.339. The maximum absolute atomic E-state index is 14.3. The van der Waals surface area contributed by atoms with E-state index in [1.807, 2.05) is 44.2 Å². The van der Waals surface area contributed by atoms with Crippen molar-refractivity contribution >= 4 is 33.3 Å². The Morgan fingerprint density at radius 3 is 2.38 bits per heavy atom. The first-order chi connectivity index (χ1) is 22.5. The zero-order chi connectivity index (χ0) is 34.0. The molecule has 3 aromatic carbocycles. The van der Waals surface area contributed by atoms with Crippen molar-refractivity contribution in [3.8, 4) is 5.75 Å². The van der Waals surface area contributed by atoms with Gasteiger partial charge in [0, 0.05) is 44.0 Å². The Kier molecular flexibility index (Phi) is 12.6. The number of para-hydroxylation sites is 1. The van der Waals surface area contributed by atoms with E-state index in [0.717, 1.165) is 12.8 Å². The van der Waals surface area contributed by atoms with Crippen molar-refractivity contribution in [1.82, 2.24) is 9.80 Å². The molecule has 4 rings (SSSR count). The summed E-state index contributed by atoms with van der Waals surface area (Å²) in [7, 11) is -2.22. The Morgan fingerprint density at radius 1 is 1.02 bits per heavy atom. The number of rotatable bonds is 8. The van der Waals surface area contributed by atoms with E-state index in [1.54, 1.807) is 54.1 Å². The first-order valence-electron chi connectivity index (χ1n) is 16.0. The van der Waals surface area contributed by atoms with Crippen molar-refractivity contribution in [2.75, 3.05) is 43.4 Å². The lowest BCUT2D eigenvalue weighted by Gasteiger charge is -2.35. The van der Waals surface area contributed by atoms with Crippen molar-refractivity contribution in [2.24, 2.45) is 5.92 Å². The van der Waals surface area contributed by atoms with Gasteiger partial charge in [-0.3, -0.25) is 9.52 Å². The van der Waals surface area contributed by atoms with Crippen molar-refractivity contribution in [1.29, 1.82) is 0 Å². The van der Waals surface area contributed by atoms with E-state index in [1.165, 1.54) is 18.2 Å². The lowest BCUT2D eigenvalue weighted by molar-refractivity contribution is -0.0115. The summed E-state index contributed by atoms with van der Waals surface area (Å²) in [6.07, 6.45) is 1.65. The molecule has 11 nitrogen and oxygen atoms in total. The maximum Gasteiger partial charge on any atom is 0.321 e. The fraction of sp³-hybridized carbons (Fsp3) is 0.429. The minimum absolute atomic E-state index is 0.0918. The summed E-state index contributed by atoms with van der Waals surface area (Å²) in [5, 5.41) is 13.1. The lowest BCUT2D eigenvalue weighted by Crippen LogP contribution is -2.48. The van der Waals surface area contributed by atoms with Crippen LogP contribution in [0.5, 0.6) is 5.75 Å². The second-order valence-electron chi connectivity index (χ2n) is 12.1. The van der Waals surface area contributed by atoms with E-state index >= 15 is 0 Å². The highest BCUT2D eigenvalue weighted by molar-refractivity contribution is 7.92. The zero-order valence-electron chi connectivity index (χ0n) is 27.5. The number of likely N-dealkylation sites (N-methyl/N-ethyl adjacent to an activating group) is 1. The molecule has 3 aromatic rings. The van der Waals surface area contributed by atoms with Gasteiger partial charge in [0.2, 0.25) is 0 Å². The van der Waals surface area contributed by atoms with Gasteiger partial charge < -0.3 is 29.7 Å². The van der Waals surface area contributed by atoms with Gasteiger partial charge in [-0.2, -0.15) is 0 Å². The van der Waals surface area contributed by atoms with Crippen LogP contribution in [0.1, 0.15) is 50.4 Å². The van der Waals surface area contributed by atoms with Crippen LogP contribution in [0.15, 0.2) is 83.8 Å². The SMILES string of the molecule is C[C@H](CO)N1C[C@H](C)[C@H](CN(C)C(=O)Nc2ccccc2)OCCCC[C@H](C)Oc2ccc(NS(=O)(=O)c3ccccc3)cc2C1=O. The van der Waals surface area contributed by atoms with E-state index < -0.39 is 28.1 Å². The molecule has 0 radical (unpaired) electrons. The summed E-state index contributed by atoms with van der Waals surface area (Å²) in [5.41, 5.74) is 1.06. The number of sulfonamides is 1. The quantitative estimate of drug-likeness (QED) is 0.291. The molecule has 254 valence electrons. The molecule has 3 amide bonds. The number of hydrogen-bond donors (Lipinski definition) is 3. The summed E-state index contributed by atoms with van der Waals surface area (Å²) in [4.78, 5) is 30.6. The number of aliphatic hydroxyl groups excluding tert-OH is 1. The number of fused-ring (bicyclic) bond motifs is 1. The molecule has 0 saturated carbocycles. The molecule has 4 atom stereocenters. The molecule has 1 aliphatic heterocycles. The second-order valence-corrected chi connectivity index (χ2v) is 13.8. The number of amides is 3. The van der Waals surface area contributed by atoms with Crippen LogP contribution in [0.2, 0.25) is 0 Å². The van der Waals surface area contributed by atoms with E-state index in [-0.39, 0.29) is 53.9 Å². The van der Waals surface area contributed by atoms with E-state index in [4.69, 9.17) is 9.47 Å². The number of nitrogens with one attached hydrogen (secondary N) is 2. The van der Waals surface area contributed by atoms with Crippen LogP contribution < -0.4 is 14.8 Å². The first kappa shape index (κ1) is 35.7. The van der Waals surface area contributed by atoms with Crippen molar-refractivity contribution < 1.29 is 32.6 Å². The monoisotopic (exact) mass is 666 g/mol. The highest BCUT2D eigenvalue weighted by Gasteiger charge is 2.31. The molecular formula is C35H46N4O7S. The second kappa shape index (κ2) is 16.6. The number of nitrogens with zero attached hydrogens (tertiary/aromatic N) is 2. The van der Waals surface area contributed by atoms with Crippen LogP contribution >= 0.6 is 0 Å². The third-order valence-corrected chi connectivity index (χ3v) is 9.58. The van der Waals surface area contributed by atoms with Gasteiger partial charge in [0.1, 0.15) is 5.75 Å². The number of anilines is 2. The van der Waals surface area contributed by atoms with Crippen LogP contribution in [0.4, 0.5) is 16.2 Å². The van der Waals surface area contributed by atoms with Gasteiger partial charge in [0.05, 0.1) is 35.3 Å². The van der Waals surface area contributed by atoms with Crippen LogP contribution in [-0.4, -0.2) is 86.9 Å². The smallest absolute Gasteiger partial charge is 0.321 e. The fourth-order valence-corrected chi connectivity index (χ4v) is 6.43. The number of urea groups is 1. The molecular weight excluding hydrogens is 620 g/mol. The molecule has 0 aliphatic carbocycles. The number of hydrogen-bond acceptors (Lipinski definition) is 7. The van der Waals surface area contributed by atoms with Crippen molar-refractivity contribution in [2.45, 2.75) is 63.2 Å². The van der Waals surface area contributed by atoms with Gasteiger partial charge in [-0.25, -0.2) is 13.2 Å². The number of aliphatic hydroxyl groups is 1. The van der Waals surface area contributed by atoms with Gasteiger partial charge in [-0.05, 0) is 75.6 Å². The van der Waals surface area contributed by atoms with Crippen molar-refractivity contribution in [3.63, 3.8) is 0 Å². The third-order valence-electron chi connectivity index (χ3n) is 8.18. The Labute approximate surface area is 277 Å². The molecule has 1 aliphatic rings. The van der Waals surface area contributed by atoms with E-state index in [9.17, 15) is 23.1 Å². The summed E-state index contributed by atoms with van der Waals surface area (Å²) < 4.78 is 41.4. The van der Waals surface area contributed by atoms with Crippen LogP contribution in [-0.2, 0) is 14.8 Å². The summed E-state index contributed by atoms with van der Waals surface area (Å²) in [6, 6.07) is 21.0. The molecule has 0 bridgehead atoms.